The zero-order chi connectivity index (χ0) is 9.99. The van der Waals surface area contributed by atoms with E-state index >= 15 is 0 Å². The van der Waals surface area contributed by atoms with Gasteiger partial charge in [0.1, 0.15) is 5.54 Å². The average Bonchev–Trinajstić information content (AvgIpc) is 1.80. The van der Waals surface area contributed by atoms with E-state index in [1.807, 2.05) is 0 Å². The summed E-state index contributed by atoms with van der Waals surface area (Å²) in [6, 6.07) is 0. The van der Waals surface area contributed by atoms with Crippen LogP contribution in [-0.2, 0) is 9.53 Å². The number of hydrogen-bond acceptors (Lipinski definition) is 3. The maximum absolute atomic E-state index is 11.8. The first kappa shape index (κ1) is 11.2. The number of rotatable bonds is 2. The lowest BCUT2D eigenvalue weighted by molar-refractivity contribution is -0.167. The van der Waals surface area contributed by atoms with E-state index < -0.39 is 24.1 Å². The van der Waals surface area contributed by atoms with Gasteiger partial charge >= 0.3 is 12.1 Å². The van der Waals surface area contributed by atoms with Crippen molar-refractivity contribution in [3.05, 3.63) is 0 Å². The molecule has 0 radical (unpaired) electrons. The lowest BCUT2D eigenvalue weighted by atomic mass is 9.99. The molecule has 0 aliphatic heterocycles. The predicted octanol–water partition coefficient (Wildman–Crippen LogP) is 0.829. The molecule has 2 N–H and O–H groups in total. The fourth-order valence-corrected chi connectivity index (χ4v) is 0.722. The van der Waals surface area contributed by atoms with E-state index in [0.29, 0.717) is 0 Å². The Hall–Kier alpha value is -0.780. The quantitative estimate of drug-likeness (QED) is 0.648. The lowest BCUT2D eigenvalue weighted by Crippen LogP contribution is -2.48. The van der Waals surface area contributed by atoms with Crippen molar-refractivity contribution in [3.8, 4) is 0 Å². The Morgan fingerprint density at radius 3 is 2.17 bits per heavy atom. The molecule has 0 aliphatic carbocycles. The Kier molecular flexibility index (Phi) is 3.09. The molecule has 0 spiro atoms. The van der Waals surface area contributed by atoms with Crippen LogP contribution in [0.3, 0.4) is 0 Å². The summed E-state index contributed by atoms with van der Waals surface area (Å²) in [5, 5.41) is 0. The first-order valence-corrected chi connectivity index (χ1v) is 3.13. The second-order valence-electron chi connectivity index (χ2n) is 2.70. The molecule has 0 saturated heterocycles. The second kappa shape index (κ2) is 3.30. The minimum absolute atomic E-state index is 0.978. The van der Waals surface area contributed by atoms with Crippen LogP contribution in [0.15, 0.2) is 0 Å². The van der Waals surface area contributed by atoms with Crippen molar-refractivity contribution in [2.75, 3.05) is 7.11 Å². The van der Waals surface area contributed by atoms with Gasteiger partial charge in [0.05, 0.1) is 13.5 Å². The van der Waals surface area contributed by atoms with Crippen LogP contribution in [0.2, 0.25) is 0 Å². The van der Waals surface area contributed by atoms with Crippen LogP contribution in [0, 0.1) is 0 Å². The van der Waals surface area contributed by atoms with Crippen LogP contribution in [0.4, 0.5) is 13.2 Å². The minimum Gasteiger partial charge on any atom is -0.468 e. The minimum atomic E-state index is -4.46. The number of carbonyl (C=O) groups is 1. The normalized spacial score (nSPS) is 16.8. The summed E-state index contributed by atoms with van der Waals surface area (Å²) in [6.45, 7) is 0.978. The van der Waals surface area contributed by atoms with E-state index in [1.54, 1.807) is 0 Å². The van der Waals surface area contributed by atoms with Crippen LogP contribution >= 0.6 is 0 Å². The Balaban J connectivity index is 4.32. The second-order valence-corrected chi connectivity index (χ2v) is 2.70. The van der Waals surface area contributed by atoms with Gasteiger partial charge in [0.2, 0.25) is 0 Å². The van der Waals surface area contributed by atoms with E-state index in [4.69, 9.17) is 5.73 Å². The topological polar surface area (TPSA) is 52.3 Å². The summed E-state index contributed by atoms with van der Waals surface area (Å²) in [6.07, 6.45) is -5.84. The fourth-order valence-electron chi connectivity index (χ4n) is 0.722. The van der Waals surface area contributed by atoms with Crippen LogP contribution in [0.1, 0.15) is 13.3 Å². The summed E-state index contributed by atoms with van der Waals surface area (Å²) < 4.78 is 39.4. The third-order valence-electron chi connectivity index (χ3n) is 1.22. The number of methoxy groups -OCH3 is 1. The monoisotopic (exact) mass is 185 g/mol. The molecule has 0 aliphatic rings. The number of hydrogen-bond donors (Lipinski definition) is 1. The van der Waals surface area contributed by atoms with Crippen molar-refractivity contribution in [1.29, 1.82) is 0 Å². The fraction of sp³-hybridized carbons (Fsp3) is 0.833. The van der Waals surface area contributed by atoms with Crippen molar-refractivity contribution in [2.24, 2.45) is 5.73 Å². The van der Waals surface area contributed by atoms with Crippen molar-refractivity contribution in [2.45, 2.75) is 25.1 Å². The third-order valence-corrected chi connectivity index (χ3v) is 1.22. The molecule has 0 aromatic heterocycles. The van der Waals surface area contributed by atoms with E-state index in [-0.39, 0.29) is 0 Å². The number of alkyl halides is 3. The van der Waals surface area contributed by atoms with E-state index in [2.05, 4.69) is 4.74 Å². The van der Waals surface area contributed by atoms with Gasteiger partial charge in [-0.15, -0.1) is 0 Å². The highest BCUT2D eigenvalue weighted by atomic mass is 19.4. The molecule has 0 amide bonds. The predicted molar refractivity (Wildman–Crippen MR) is 35.3 cm³/mol. The maximum Gasteiger partial charge on any atom is 0.391 e. The van der Waals surface area contributed by atoms with Crippen LogP contribution in [0.5, 0.6) is 0 Å². The van der Waals surface area contributed by atoms with Crippen LogP contribution in [-0.4, -0.2) is 24.8 Å². The van der Waals surface area contributed by atoms with Gasteiger partial charge in [-0.2, -0.15) is 13.2 Å². The molecule has 12 heavy (non-hydrogen) atoms. The Bertz CT molecular complexity index is 176. The number of nitrogens with two attached hydrogens (primary N) is 1. The smallest absolute Gasteiger partial charge is 0.391 e. The zero-order valence-electron chi connectivity index (χ0n) is 6.73. The SMILES string of the molecule is COC(=O)C(C)(N)CC(F)(F)F. The molecule has 6 heteroatoms. The van der Waals surface area contributed by atoms with Gasteiger partial charge in [-0.05, 0) is 6.92 Å². The largest absolute Gasteiger partial charge is 0.468 e. The standard InChI is InChI=1S/C6H10F3NO2/c1-5(10,4(11)12-2)3-6(7,8)9/h3,10H2,1-2H3. The van der Waals surface area contributed by atoms with E-state index in [1.165, 1.54) is 0 Å². The first-order chi connectivity index (χ1) is 5.19. The van der Waals surface area contributed by atoms with Crippen molar-refractivity contribution in [3.63, 3.8) is 0 Å². The molecule has 0 bridgehead atoms. The van der Waals surface area contributed by atoms with Gasteiger partial charge in [0.15, 0.2) is 0 Å². The molecular weight excluding hydrogens is 175 g/mol. The van der Waals surface area contributed by atoms with Gasteiger partial charge in [-0.3, -0.25) is 4.79 Å². The first-order valence-electron chi connectivity index (χ1n) is 3.13. The molecule has 1 atom stereocenters. The number of ether oxygens (including phenoxy) is 1. The highest BCUT2D eigenvalue weighted by Crippen LogP contribution is 2.26. The molecule has 1 unspecified atom stereocenters. The molecule has 0 rings (SSSR count). The molecule has 0 aromatic carbocycles. The molecule has 0 heterocycles. The lowest BCUT2D eigenvalue weighted by Gasteiger charge is -2.22. The van der Waals surface area contributed by atoms with Gasteiger partial charge in [0.25, 0.3) is 0 Å². The average molecular weight is 185 g/mol. The molecular formula is C6H10F3NO2. The summed E-state index contributed by atoms with van der Waals surface area (Å²) >= 11 is 0. The summed E-state index contributed by atoms with van der Waals surface area (Å²) in [7, 11) is 0.990. The van der Waals surface area contributed by atoms with Crippen LogP contribution in [0.25, 0.3) is 0 Å². The molecule has 0 fully saturated rings. The zero-order valence-corrected chi connectivity index (χ0v) is 6.73. The van der Waals surface area contributed by atoms with Gasteiger partial charge < -0.3 is 10.5 Å². The van der Waals surface area contributed by atoms with Gasteiger partial charge in [0, 0.05) is 0 Å². The Morgan fingerprint density at radius 2 is 1.92 bits per heavy atom. The van der Waals surface area contributed by atoms with E-state index in [9.17, 15) is 18.0 Å². The number of carbonyl (C=O) groups excluding carboxylic acids is 1. The highest BCUT2D eigenvalue weighted by molar-refractivity contribution is 5.79. The molecule has 3 nitrogen and oxygen atoms in total. The third kappa shape index (κ3) is 3.56. The van der Waals surface area contributed by atoms with Crippen molar-refractivity contribution < 1.29 is 22.7 Å². The Labute approximate surface area is 67.7 Å². The van der Waals surface area contributed by atoms with Crippen molar-refractivity contribution in [1.82, 2.24) is 0 Å². The number of esters is 1. The van der Waals surface area contributed by atoms with Gasteiger partial charge in [-0.1, -0.05) is 0 Å². The number of halogens is 3. The molecule has 72 valence electrons. The molecule has 0 saturated carbocycles. The summed E-state index contributed by atoms with van der Waals surface area (Å²) in [4.78, 5) is 10.7. The summed E-state index contributed by atoms with van der Waals surface area (Å²) in [5.41, 5.74) is 3.07. The maximum atomic E-state index is 11.8. The molecule has 0 aromatic rings. The van der Waals surface area contributed by atoms with Crippen LogP contribution < -0.4 is 5.73 Å². The highest BCUT2D eigenvalue weighted by Gasteiger charge is 2.42. The summed E-state index contributed by atoms with van der Waals surface area (Å²) in [5.74, 6) is -1.07. The van der Waals surface area contributed by atoms with Gasteiger partial charge in [-0.25, -0.2) is 0 Å². The van der Waals surface area contributed by atoms with Crippen molar-refractivity contribution >= 4 is 5.97 Å². The van der Waals surface area contributed by atoms with E-state index in [0.717, 1.165) is 14.0 Å². The Morgan fingerprint density at radius 1 is 1.50 bits per heavy atom.